The van der Waals surface area contributed by atoms with Crippen LogP contribution in [-0.4, -0.2) is 51.3 Å². The molecule has 1 aromatic rings. The number of hydrogen-bond donors (Lipinski definition) is 1. The van der Waals surface area contributed by atoms with Crippen molar-refractivity contribution in [2.75, 3.05) is 46.4 Å². The molecule has 2 rings (SSSR count). The van der Waals surface area contributed by atoms with Gasteiger partial charge in [0.1, 0.15) is 18.1 Å². The van der Waals surface area contributed by atoms with Crippen LogP contribution in [0.5, 0.6) is 11.5 Å². The smallest absolute Gasteiger partial charge is 0.119 e. The van der Waals surface area contributed by atoms with Gasteiger partial charge in [-0.05, 0) is 82.5 Å². The van der Waals surface area contributed by atoms with E-state index in [0.717, 1.165) is 50.1 Å². The quantitative estimate of drug-likeness (QED) is 0.694. The van der Waals surface area contributed by atoms with Crippen molar-refractivity contribution in [3.8, 4) is 11.5 Å². The monoisotopic (exact) mass is 356 g/mol. The van der Waals surface area contributed by atoms with E-state index in [1.54, 1.807) is 0 Å². The summed E-state index contributed by atoms with van der Waals surface area (Å²) in [5.41, 5.74) is 0. The van der Waals surface area contributed by atoms with Crippen LogP contribution >= 0.6 is 12.4 Å². The molecule has 0 saturated carbocycles. The number of nitrogens with zero attached hydrogens (tertiary/aromatic N) is 1. The number of halogens is 1. The molecule has 0 aliphatic carbocycles. The van der Waals surface area contributed by atoms with Crippen molar-refractivity contribution < 1.29 is 9.47 Å². The molecule has 0 aromatic heterocycles. The van der Waals surface area contributed by atoms with Gasteiger partial charge in [-0.3, -0.25) is 4.90 Å². The van der Waals surface area contributed by atoms with Crippen LogP contribution in [0.1, 0.15) is 32.6 Å². The first kappa shape index (κ1) is 21.1. The molecule has 0 atom stereocenters. The molecule has 0 radical (unpaired) electrons. The van der Waals surface area contributed by atoms with Gasteiger partial charge >= 0.3 is 0 Å². The Morgan fingerprint density at radius 1 is 1.04 bits per heavy atom. The molecule has 24 heavy (non-hydrogen) atoms. The first-order valence-electron chi connectivity index (χ1n) is 9.04. The lowest BCUT2D eigenvalue weighted by Gasteiger charge is -2.31. The van der Waals surface area contributed by atoms with E-state index in [-0.39, 0.29) is 12.4 Å². The second kappa shape index (κ2) is 12.4. The van der Waals surface area contributed by atoms with Crippen LogP contribution in [0.3, 0.4) is 0 Å². The summed E-state index contributed by atoms with van der Waals surface area (Å²) in [6.45, 7) is 8.23. The van der Waals surface area contributed by atoms with Gasteiger partial charge in [-0.25, -0.2) is 0 Å². The highest BCUT2D eigenvalue weighted by atomic mass is 35.5. The number of rotatable bonds is 10. The molecule has 4 nitrogen and oxygen atoms in total. The first-order chi connectivity index (χ1) is 11.3. The van der Waals surface area contributed by atoms with E-state index in [4.69, 9.17) is 9.47 Å². The fourth-order valence-corrected chi connectivity index (χ4v) is 2.99. The fraction of sp³-hybridized carbons (Fsp3) is 0.684. The van der Waals surface area contributed by atoms with Gasteiger partial charge in [0, 0.05) is 6.54 Å². The van der Waals surface area contributed by atoms with E-state index in [9.17, 15) is 0 Å². The maximum atomic E-state index is 5.85. The zero-order valence-electron chi connectivity index (χ0n) is 15.1. The predicted molar refractivity (Wildman–Crippen MR) is 103 cm³/mol. The largest absolute Gasteiger partial charge is 0.494 e. The molecule has 1 aromatic carbocycles. The molecule has 0 bridgehead atoms. The van der Waals surface area contributed by atoms with E-state index in [0.29, 0.717) is 0 Å². The van der Waals surface area contributed by atoms with Gasteiger partial charge in [0.15, 0.2) is 0 Å². The number of hydrogen-bond acceptors (Lipinski definition) is 4. The third kappa shape index (κ3) is 7.73. The Labute approximate surface area is 153 Å². The fourth-order valence-electron chi connectivity index (χ4n) is 2.99. The van der Waals surface area contributed by atoms with E-state index >= 15 is 0 Å². The Bertz CT molecular complexity index is 420. The summed E-state index contributed by atoms with van der Waals surface area (Å²) < 4.78 is 11.4. The maximum Gasteiger partial charge on any atom is 0.119 e. The first-order valence-corrected chi connectivity index (χ1v) is 9.04. The highest BCUT2D eigenvalue weighted by Gasteiger charge is 2.18. The minimum Gasteiger partial charge on any atom is -0.494 e. The van der Waals surface area contributed by atoms with Crippen molar-refractivity contribution in [3.05, 3.63) is 24.3 Å². The van der Waals surface area contributed by atoms with Crippen LogP contribution < -0.4 is 14.8 Å². The molecule has 1 aliphatic rings. The number of ether oxygens (including phenoxy) is 2. The van der Waals surface area contributed by atoms with E-state index < -0.39 is 0 Å². The van der Waals surface area contributed by atoms with Crippen LogP contribution in [0.15, 0.2) is 24.3 Å². The molecule has 1 heterocycles. The highest BCUT2D eigenvalue weighted by Crippen LogP contribution is 2.20. The van der Waals surface area contributed by atoms with Crippen LogP contribution in [0, 0.1) is 5.92 Å². The summed E-state index contributed by atoms with van der Waals surface area (Å²) in [7, 11) is 2.04. The van der Waals surface area contributed by atoms with Gasteiger partial charge < -0.3 is 14.8 Å². The Balaban J connectivity index is 0.00000288. The lowest BCUT2D eigenvalue weighted by Crippen LogP contribution is -2.37. The van der Waals surface area contributed by atoms with Crippen LogP contribution in [0.4, 0.5) is 0 Å². The summed E-state index contributed by atoms with van der Waals surface area (Å²) >= 11 is 0. The van der Waals surface area contributed by atoms with Crippen molar-refractivity contribution in [2.24, 2.45) is 5.92 Å². The molecule has 1 saturated heterocycles. The summed E-state index contributed by atoms with van der Waals surface area (Å²) in [4.78, 5) is 2.52. The Morgan fingerprint density at radius 2 is 1.62 bits per heavy atom. The molecular formula is C19H33ClN2O2. The predicted octanol–water partition coefficient (Wildman–Crippen LogP) is 3.60. The summed E-state index contributed by atoms with van der Waals surface area (Å²) in [6.07, 6.45) is 4.99. The van der Waals surface area contributed by atoms with Crippen molar-refractivity contribution in [1.82, 2.24) is 10.2 Å². The third-order valence-corrected chi connectivity index (χ3v) is 4.48. The standard InChI is InChI=1S/C19H32N2O2.ClH/c1-3-15-22-18-4-6-19(7-5-18)23-16-14-21-12-9-17(10-13-21)8-11-20-2;/h4-7,17,20H,3,8-16H2,1-2H3;1H. The molecule has 1 aliphatic heterocycles. The Hall–Kier alpha value is -0.970. The van der Waals surface area contributed by atoms with Crippen LogP contribution in [0.2, 0.25) is 0 Å². The molecule has 0 unspecified atom stereocenters. The van der Waals surface area contributed by atoms with Crippen molar-refractivity contribution in [1.29, 1.82) is 0 Å². The second-order valence-electron chi connectivity index (χ2n) is 6.35. The highest BCUT2D eigenvalue weighted by molar-refractivity contribution is 5.85. The van der Waals surface area contributed by atoms with Gasteiger partial charge in [0.05, 0.1) is 6.61 Å². The molecule has 0 spiro atoms. The topological polar surface area (TPSA) is 33.7 Å². The number of likely N-dealkylation sites (tertiary alicyclic amines) is 1. The van der Waals surface area contributed by atoms with Crippen LogP contribution in [-0.2, 0) is 0 Å². The number of piperidine rings is 1. The van der Waals surface area contributed by atoms with Crippen LogP contribution in [0.25, 0.3) is 0 Å². The summed E-state index contributed by atoms with van der Waals surface area (Å²) in [5.74, 6) is 2.75. The van der Waals surface area contributed by atoms with Crippen molar-refractivity contribution >= 4 is 12.4 Å². The molecule has 5 heteroatoms. The molecule has 1 N–H and O–H groups in total. The molecule has 1 fully saturated rings. The van der Waals surface area contributed by atoms with Gasteiger partial charge in [0.25, 0.3) is 0 Å². The molecular weight excluding hydrogens is 324 g/mol. The lowest BCUT2D eigenvalue weighted by molar-refractivity contribution is 0.151. The zero-order chi connectivity index (χ0) is 16.3. The Morgan fingerprint density at radius 3 is 2.17 bits per heavy atom. The zero-order valence-corrected chi connectivity index (χ0v) is 15.9. The maximum absolute atomic E-state index is 5.85. The Kier molecular flexibility index (Phi) is 10.9. The van der Waals surface area contributed by atoms with Gasteiger partial charge in [-0.2, -0.15) is 0 Å². The third-order valence-electron chi connectivity index (χ3n) is 4.48. The number of benzene rings is 1. The lowest BCUT2D eigenvalue weighted by atomic mass is 9.93. The van der Waals surface area contributed by atoms with Crippen molar-refractivity contribution in [3.63, 3.8) is 0 Å². The normalized spacial score (nSPS) is 15.8. The average Bonchev–Trinajstić information content (AvgIpc) is 2.60. The van der Waals surface area contributed by atoms with Gasteiger partial charge in [-0.15, -0.1) is 12.4 Å². The van der Waals surface area contributed by atoms with Gasteiger partial charge in [0.2, 0.25) is 0 Å². The molecule has 0 amide bonds. The minimum absolute atomic E-state index is 0. The SMILES string of the molecule is CCCOc1ccc(OCCN2CCC(CCNC)CC2)cc1.Cl. The van der Waals surface area contributed by atoms with E-state index in [2.05, 4.69) is 17.1 Å². The minimum atomic E-state index is 0. The number of nitrogens with one attached hydrogen (secondary N) is 1. The summed E-state index contributed by atoms with van der Waals surface area (Å²) in [6, 6.07) is 7.96. The average molecular weight is 357 g/mol. The van der Waals surface area contributed by atoms with Gasteiger partial charge in [-0.1, -0.05) is 6.92 Å². The molecule has 138 valence electrons. The summed E-state index contributed by atoms with van der Waals surface area (Å²) in [5, 5.41) is 3.25. The van der Waals surface area contributed by atoms with E-state index in [1.807, 2.05) is 31.3 Å². The second-order valence-corrected chi connectivity index (χ2v) is 6.35. The van der Waals surface area contributed by atoms with Crippen molar-refractivity contribution in [2.45, 2.75) is 32.6 Å². The van der Waals surface area contributed by atoms with E-state index in [1.165, 1.54) is 32.4 Å².